The Hall–Kier alpha value is -1.03. The van der Waals surface area contributed by atoms with E-state index < -0.39 is 0 Å². The fourth-order valence-electron chi connectivity index (χ4n) is 2.11. The standard InChI is InChI=1S/C10H15ClN4/c1-2-7-4-3-5-15(7)9-8(11)6-13-10(12)14-9/h6-7H,2-5H2,1H3,(H2,12,13,14). The molecule has 0 bridgehead atoms. The lowest BCUT2D eigenvalue weighted by Crippen LogP contribution is -2.29. The Morgan fingerprint density at radius 2 is 2.47 bits per heavy atom. The SMILES string of the molecule is CCC1CCCN1c1nc(N)ncc1Cl. The predicted molar refractivity (Wildman–Crippen MR) is 62.1 cm³/mol. The Kier molecular flexibility index (Phi) is 2.95. The number of rotatable bonds is 2. The normalized spacial score (nSPS) is 20.9. The van der Waals surface area contributed by atoms with Gasteiger partial charge >= 0.3 is 0 Å². The van der Waals surface area contributed by atoms with Gasteiger partial charge in [-0.25, -0.2) is 4.98 Å². The predicted octanol–water partition coefficient (Wildman–Crippen LogP) is 2.09. The molecule has 0 spiro atoms. The van der Waals surface area contributed by atoms with Crippen LogP contribution in [0, 0.1) is 0 Å². The van der Waals surface area contributed by atoms with Gasteiger partial charge in [0.1, 0.15) is 5.02 Å². The molecule has 0 aliphatic carbocycles. The van der Waals surface area contributed by atoms with E-state index in [1.807, 2.05) is 0 Å². The number of nitrogen functional groups attached to an aromatic ring is 1. The molecular weight excluding hydrogens is 212 g/mol. The quantitative estimate of drug-likeness (QED) is 0.839. The molecule has 0 saturated carbocycles. The van der Waals surface area contributed by atoms with E-state index >= 15 is 0 Å². The number of anilines is 2. The highest BCUT2D eigenvalue weighted by Crippen LogP contribution is 2.30. The molecule has 1 fully saturated rings. The summed E-state index contributed by atoms with van der Waals surface area (Å²) in [5, 5.41) is 0.588. The summed E-state index contributed by atoms with van der Waals surface area (Å²) in [7, 11) is 0. The molecule has 82 valence electrons. The second-order valence-electron chi connectivity index (χ2n) is 3.80. The van der Waals surface area contributed by atoms with Crippen molar-refractivity contribution in [2.24, 2.45) is 0 Å². The third-order valence-electron chi connectivity index (χ3n) is 2.86. The van der Waals surface area contributed by atoms with Crippen molar-refractivity contribution in [1.82, 2.24) is 9.97 Å². The van der Waals surface area contributed by atoms with Crippen LogP contribution in [0.25, 0.3) is 0 Å². The number of halogens is 1. The van der Waals surface area contributed by atoms with Crippen LogP contribution in [0.1, 0.15) is 26.2 Å². The van der Waals surface area contributed by atoms with Crippen molar-refractivity contribution in [2.75, 3.05) is 17.2 Å². The minimum Gasteiger partial charge on any atom is -0.368 e. The molecule has 0 radical (unpaired) electrons. The summed E-state index contributed by atoms with van der Waals surface area (Å²) in [6.07, 6.45) is 5.08. The van der Waals surface area contributed by atoms with Crippen molar-refractivity contribution < 1.29 is 0 Å². The van der Waals surface area contributed by atoms with Gasteiger partial charge in [0.15, 0.2) is 5.82 Å². The fourth-order valence-corrected chi connectivity index (χ4v) is 2.31. The Labute approximate surface area is 94.5 Å². The molecule has 1 aliphatic rings. The molecule has 0 amide bonds. The van der Waals surface area contributed by atoms with Gasteiger partial charge in [-0.1, -0.05) is 18.5 Å². The molecule has 1 aliphatic heterocycles. The third-order valence-corrected chi connectivity index (χ3v) is 3.13. The Bertz CT molecular complexity index is 355. The molecule has 15 heavy (non-hydrogen) atoms. The average molecular weight is 227 g/mol. The van der Waals surface area contributed by atoms with Crippen molar-refractivity contribution in [3.05, 3.63) is 11.2 Å². The van der Waals surface area contributed by atoms with Gasteiger partial charge in [0.05, 0.1) is 6.20 Å². The number of hydrogen-bond acceptors (Lipinski definition) is 4. The van der Waals surface area contributed by atoms with E-state index in [1.165, 1.54) is 12.8 Å². The van der Waals surface area contributed by atoms with Crippen LogP contribution in [0.5, 0.6) is 0 Å². The number of hydrogen-bond donors (Lipinski definition) is 1. The number of nitrogens with two attached hydrogens (primary N) is 1. The number of aromatic nitrogens is 2. The lowest BCUT2D eigenvalue weighted by molar-refractivity contribution is 0.640. The smallest absolute Gasteiger partial charge is 0.222 e. The summed E-state index contributed by atoms with van der Waals surface area (Å²) >= 11 is 6.08. The van der Waals surface area contributed by atoms with Gasteiger partial charge in [0, 0.05) is 12.6 Å². The first kappa shape index (κ1) is 10.5. The molecule has 5 heteroatoms. The third kappa shape index (κ3) is 2.00. The first-order valence-corrected chi connectivity index (χ1v) is 5.64. The van der Waals surface area contributed by atoms with E-state index in [-0.39, 0.29) is 5.95 Å². The monoisotopic (exact) mass is 226 g/mol. The van der Waals surface area contributed by atoms with Gasteiger partial charge in [0.25, 0.3) is 0 Å². The van der Waals surface area contributed by atoms with Gasteiger partial charge in [-0.05, 0) is 19.3 Å². The Morgan fingerprint density at radius 1 is 1.67 bits per heavy atom. The zero-order valence-corrected chi connectivity index (χ0v) is 9.54. The molecule has 1 aromatic heterocycles. The molecule has 1 atom stereocenters. The summed E-state index contributed by atoms with van der Waals surface area (Å²) in [5.74, 6) is 1.07. The van der Waals surface area contributed by atoms with E-state index in [1.54, 1.807) is 6.20 Å². The summed E-state index contributed by atoms with van der Waals surface area (Å²) in [4.78, 5) is 10.3. The summed E-state index contributed by atoms with van der Waals surface area (Å²) < 4.78 is 0. The first-order chi connectivity index (χ1) is 7.22. The van der Waals surface area contributed by atoms with E-state index in [4.69, 9.17) is 17.3 Å². The molecule has 2 rings (SSSR count). The van der Waals surface area contributed by atoms with Crippen molar-refractivity contribution in [1.29, 1.82) is 0 Å². The minimum atomic E-state index is 0.288. The van der Waals surface area contributed by atoms with Crippen molar-refractivity contribution in [3.8, 4) is 0 Å². The molecular formula is C10H15ClN4. The van der Waals surface area contributed by atoms with E-state index in [0.29, 0.717) is 11.1 Å². The maximum absolute atomic E-state index is 6.08. The molecule has 4 nitrogen and oxygen atoms in total. The molecule has 0 aromatic carbocycles. The maximum Gasteiger partial charge on any atom is 0.222 e. The Morgan fingerprint density at radius 3 is 3.20 bits per heavy atom. The molecule has 1 aromatic rings. The average Bonchev–Trinajstić information content (AvgIpc) is 2.69. The van der Waals surface area contributed by atoms with Crippen LogP contribution in [0.3, 0.4) is 0 Å². The summed E-state index contributed by atoms with van der Waals surface area (Å²) in [6, 6.07) is 0.539. The highest BCUT2D eigenvalue weighted by molar-refractivity contribution is 6.32. The van der Waals surface area contributed by atoms with Crippen LogP contribution in [-0.4, -0.2) is 22.6 Å². The van der Waals surface area contributed by atoms with Crippen molar-refractivity contribution in [3.63, 3.8) is 0 Å². The van der Waals surface area contributed by atoms with Gasteiger partial charge < -0.3 is 10.6 Å². The second kappa shape index (κ2) is 4.23. The maximum atomic E-state index is 6.08. The van der Waals surface area contributed by atoms with Gasteiger partial charge in [-0.15, -0.1) is 0 Å². The zero-order valence-electron chi connectivity index (χ0n) is 8.78. The first-order valence-electron chi connectivity index (χ1n) is 5.27. The van der Waals surface area contributed by atoms with Gasteiger partial charge in [-0.3, -0.25) is 0 Å². The van der Waals surface area contributed by atoms with Crippen LogP contribution >= 0.6 is 11.6 Å². The molecule has 2 N–H and O–H groups in total. The van der Waals surface area contributed by atoms with Crippen LogP contribution < -0.4 is 10.6 Å². The van der Waals surface area contributed by atoms with Crippen LogP contribution in [-0.2, 0) is 0 Å². The largest absolute Gasteiger partial charge is 0.368 e. The van der Waals surface area contributed by atoms with Gasteiger partial charge in [0.2, 0.25) is 5.95 Å². The van der Waals surface area contributed by atoms with Gasteiger partial charge in [-0.2, -0.15) is 4.98 Å². The fraction of sp³-hybridized carbons (Fsp3) is 0.600. The highest BCUT2D eigenvalue weighted by atomic mass is 35.5. The zero-order chi connectivity index (χ0) is 10.8. The number of nitrogens with zero attached hydrogens (tertiary/aromatic N) is 3. The van der Waals surface area contributed by atoms with E-state index in [0.717, 1.165) is 18.8 Å². The van der Waals surface area contributed by atoms with Crippen LogP contribution in [0.15, 0.2) is 6.20 Å². The molecule has 1 unspecified atom stereocenters. The Balaban J connectivity index is 2.31. The minimum absolute atomic E-state index is 0.288. The van der Waals surface area contributed by atoms with Crippen molar-refractivity contribution in [2.45, 2.75) is 32.2 Å². The van der Waals surface area contributed by atoms with Crippen molar-refractivity contribution >= 4 is 23.4 Å². The topological polar surface area (TPSA) is 55.0 Å². The lowest BCUT2D eigenvalue weighted by Gasteiger charge is -2.25. The summed E-state index contributed by atoms with van der Waals surface area (Å²) in [6.45, 7) is 3.19. The summed E-state index contributed by atoms with van der Waals surface area (Å²) in [5.41, 5.74) is 5.57. The highest BCUT2D eigenvalue weighted by Gasteiger charge is 2.25. The molecule has 2 heterocycles. The van der Waals surface area contributed by atoms with Crippen LogP contribution in [0.4, 0.5) is 11.8 Å². The van der Waals surface area contributed by atoms with Crippen LogP contribution in [0.2, 0.25) is 5.02 Å². The van der Waals surface area contributed by atoms with E-state index in [9.17, 15) is 0 Å². The second-order valence-corrected chi connectivity index (χ2v) is 4.20. The molecule has 1 saturated heterocycles. The van der Waals surface area contributed by atoms with E-state index in [2.05, 4.69) is 21.8 Å². The lowest BCUT2D eigenvalue weighted by atomic mass is 10.2.